The van der Waals surface area contributed by atoms with E-state index in [0.717, 1.165) is 51.8 Å². The van der Waals surface area contributed by atoms with Gasteiger partial charge in [-0.25, -0.2) is 0 Å². The number of morpholine rings is 1. The Hall–Kier alpha value is -1.15. The highest BCUT2D eigenvalue weighted by atomic mass is 32.1. The zero-order chi connectivity index (χ0) is 18.9. The number of aliphatic imine (C=N–C) groups is 1. The molecule has 1 saturated carbocycles. The van der Waals surface area contributed by atoms with Gasteiger partial charge >= 0.3 is 0 Å². The quantitative estimate of drug-likeness (QED) is 0.594. The highest BCUT2D eigenvalue weighted by Crippen LogP contribution is 2.52. The monoisotopic (exact) mass is 392 g/mol. The second kappa shape index (κ2) is 8.07. The third-order valence-electron chi connectivity index (χ3n) is 6.44. The molecule has 4 atom stereocenters. The molecular formula is C20H32N4O2S. The molecule has 3 heterocycles. The average Bonchev–Trinajstić information content (AvgIpc) is 3.36. The molecule has 0 radical (unpaired) electrons. The number of ether oxygens (including phenoxy) is 2. The molecule has 0 amide bonds. The van der Waals surface area contributed by atoms with E-state index in [4.69, 9.17) is 9.47 Å². The van der Waals surface area contributed by atoms with E-state index < -0.39 is 0 Å². The van der Waals surface area contributed by atoms with Crippen LogP contribution in [0.4, 0.5) is 0 Å². The van der Waals surface area contributed by atoms with Gasteiger partial charge in [-0.3, -0.25) is 9.89 Å². The number of fused-ring (bicyclic) bond motifs is 1. The number of rotatable bonds is 5. The van der Waals surface area contributed by atoms with E-state index in [-0.39, 0.29) is 5.41 Å². The molecule has 2 N–H and O–H groups in total. The normalized spacial score (nSPS) is 31.8. The predicted octanol–water partition coefficient (Wildman–Crippen LogP) is 2.10. The summed E-state index contributed by atoms with van der Waals surface area (Å²) in [5, 5.41) is 9.44. The van der Waals surface area contributed by atoms with Crippen LogP contribution < -0.4 is 10.6 Å². The summed E-state index contributed by atoms with van der Waals surface area (Å²) in [5.41, 5.74) is 0.149. The Kier molecular flexibility index (Phi) is 5.73. The lowest BCUT2D eigenvalue weighted by Gasteiger charge is -2.55. The molecule has 2 saturated heterocycles. The van der Waals surface area contributed by atoms with Gasteiger partial charge in [0, 0.05) is 55.5 Å². The summed E-state index contributed by atoms with van der Waals surface area (Å²) in [5.74, 6) is 1.50. The Morgan fingerprint density at radius 3 is 2.89 bits per heavy atom. The Balaban J connectivity index is 1.39. The molecule has 2 aliphatic heterocycles. The summed E-state index contributed by atoms with van der Waals surface area (Å²) in [7, 11) is 1.86. The third kappa shape index (κ3) is 3.75. The topological polar surface area (TPSA) is 58.1 Å². The molecule has 0 spiro atoms. The van der Waals surface area contributed by atoms with Crippen LogP contribution in [0.15, 0.2) is 22.5 Å². The minimum Gasteiger partial charge on any atom is -0.379 e. The Bertz CT molecular complexity index is 642. The highest BCUT2D eigenvalue weighted by molar-refractivity contribution is 7.10. The summed E-state index contributed by atoms with van der Waals surface area (Å²) in [6.45, 7) is 9.92. The second-order valence-electron chi connectivity index (χ2n) is 8.32. The van der Waals surface area contributed by atoms with Crippen LogP contribution in [0.2, 0.25) is 0 Å². The molecule has 6 nitrogen and oxygen atoms in total. The molecule has 1 aromatic heterocycles. The van der Waals surface area contributed by atoms with Crippen molar-refractivity contribution in [3.8, 4) is 0 Å². The lowest BCUT2D eigenvalue weighted by molar-refractivity contribution is -0.106. The SMILES string of the molecule is CN=C(NCC(c1cccs1)N1CCOCC1)NC1C2CCOC2C1(C)C. The van der Waals surface area contributed by atoms with Gasteiger partial charge in [-0.05, 0) is 17.9 Å². The van der Waals surface area contributed by atoms with Crippen molar-refractivity contribution in [3.05, 3.63) is 22.4 Å². The second-order valence-corrected chi connectivity index (χ2v) is 9.30. The zero-order valence-electron chi connectivity index (χ0n) is 16.6. The zero-order valence-corrected chi connectivity index (χ0v) is 17.4. The molecule has 27 heavy (non-hydrogen) atoms. The molecule has 1 aliphatic carbocycles. The van der Waals surface area contributed by atoms with Crippen molar-refractivity contribution in [3.63, 3.8) is 0 Å². The molecule has 1 aromatic rings. The first kappa shape index (κ1) is 19.2. The van der Waals surface area contributed by atoms with Crippen molar-refractivity contribution in [2.75, 3.05) is 46.5 Å². The van der Waals surface area contributed by atoms with E-state index in [9.17, 15) is 0 Å². The number of guanidine groups is 1. The molecule has 4 unspecified atom stereocenters. The standard InChI is InChI=1S/C20H32N4O2S/c1-20(2)17(14-6-9-26-18(14)20)23-19(21-3)22-13-15(16-5-4-12-27-16)24-7-10-25-11-8-24/h4-5,12,14-15,17-18H,6-11,13H2,1-3H3,(H2,21,22,23). The molecule has 0 aromatic carbocycles. The van der Waals surface area contributed by atoms with Crippen molar-refractivity contribution in [2.24, 2.45) is 16.3 Å². The molecule has 0 bridgehead atoms. The van der Waals surface area contributed by atoms with Gasteiger partial charge < -0.3 is 20.1 Å². The summed E-state index contributed by atoms with van der Waals surface area (Å²) in [4.78, 5) is 8.42. The minimum atomic E-state index is 0.149. The van der Waals surface area contributed by atoms with Gasteiger partial charge in [0.15, 0.2) is 5.96 Å². The fraction of sp³-hybridized carbons (Fsp3) is 0.750. The molecular weight excluding hydrogens is 360 g/mol. The number of nitrogens with zero attached hydrogens (tertiary/aromatic N) is 2. The van der Waals surface area contributed by atoms with Crippen LogP contribution in [-0.4, -0.2) is 69.5 Å². The van der Waals surface area contributed by atoms with Crippen molar-refractivity contribution in [1.29, 1.82) is 0 Å². The fourth-order valence-electron chi connectivity index (χ4n) is 4.93. The molecule has 4 rings (SSSR count). The van der Waals surface area contributed by atoms with Crippen LogP contribution in [0.3, 0.4) is 0 Å². The van der Waals surface area contributed by atoms with Crippen molar-refractivity contribution >= 4 is 17.3 Å². The summed E-state index contributed by atoms with van der Waals surface area (Å²) < 4.78 is 11.5. The van der Waals surface area contributed by atoms with Gasteiger partial charge in [0.1, 0.15) is 0 Å². The summed E-state index contributed by atoms with van der Waals surface area (Å²) >= 11 is 1.83. The van der Waals surface area contributed by atoms with Crippen LogP contribution in [0.25, 0.3) is 0 Å². The largest absolute Gasteiger partial charge is 0.379 e. The lowest BCUT2D eigenvalue weighted by Crippen LogP contribution is -2.68. The highest BCUT2D eigenvalue weighted by Gasteiger charge is 2.59. The number of nitrogens with one attached hydrogen (secondary N) is 2. The molecule has 3 fully saturated rings. The van der Waals surface area contributed by atoms with Crippen LogP contribution in [0.5, 0.6) is 0 Å². The smallest absolute Gasteiger partial charge is 0.191 e. The van der Waals surface area contributed by atoms with E-state index >= 15 is 0 Å². The van der Waals surface area contributed by atoms with Crippen LogP contribution in [0, 0.1) is 11.3 Å². The van der Waals surface area contributed by atoms with Crippen molar-refractivity contribution in [2.45, 2.75) is 38.5 Å². The number of thiophene rings is 1. The first-order valence-electron chi connectivity index (χ1n) is 10.0. The van der Waals surface area contributed by atoms with E-state index in [1.54, 1.807) is 0 Å². The van der Waals surface area contributed by atoms with Gasteiger partial charge in [-0.2, -0.15) is 0 Å². The number of hydrogen-bond donors (Lipinski definition) is 2. The Labute approximate surface area is 166 Å². The number of hydrogen-bond acceptors (Lipinski definition) is 5. The van der Waals surface area contributed by atoms with Crippen molar-refractivity contribution in [1.82, 2.24) is 15.5 Å². The maximum Gasteiger partial charge on any atom is 0.191 e. The van der Waals surface area contributed by atoms with Crippen LogP contribution >= 0.6 is 11.3 Å². The van der Waals surface area contributed by atoms with Gasteiger partial charge in [0.2, 0.25) is 0 Å². The van der Waals surface area contributed by atoms with Crippen molar-refractivity contribution < 1.29 is 9.47 Å². The van der Waals surface area contributed by atoms with E-state index in [2.05, 4.69) is 51.9 Å². The van der Waals surface area contributed by atoms with E-state index in [1.165, 1.54) is 4.88 Å². The predicted molar refractivity (Wildman–Crippen MR) is 109 cm³/mol. The first-order valence-corrected chi connectivity index (χ1v) is 10.9. The molecule has 150 valence electrons. The van der Waals surface area contributed by atoms with Gasteiger partial charge in [0.05, 0.1) is 25.4 Å². The average molecular weight is 393 g/mol. The lowest BCUT2D eigenvalue weighted by atomic mass is 9.57. The summed E-state index contributed by atoms with van der Waals surface area (Å²) in [6, 6.07) is 5.14. The summed E-state index contributed by atoms with van der Waals surface area (Å²) in [6.07, 6.45) is 1.54. The first-order chi connectivity index (χ1) is 13.1. The minimum absolute atomic E-state index is 0.149. The van der Waals surface area contributed by atoms with Crippen LogP contribution in [-0.2, 0) is 9.47 Å². The van der Waals surface area contributed by atoms with E-state index in [0.29, 0.717) is 24.1 Å². The van der Waals surface area contributed by atoms with Gasteiger partial charge in [-0.15, -0.1) is 11.3 Å². The third-order valence-corrected chi connectivity index (χ3v) is 7.41. The van der Waals surface area contributed by atoms with E-state index in [1.807, 2.05) is 18.4 Å². The Morgan fingerprint density at radius 1 is 1.37 bits per heavy atom. The van der Waals surface area contributed by atoms with Gasteiger partial charge in [0.25, 0.3) is 0 Å². The maximum atomic E-state index is 5.92. The fourth-order valence-corrected chi connectivity index (χ4v) is 5.79. The molecule has 3 aliphatic rings. The maximum absolute atomic E-state index is 5.92. The molecule has 7 heteroatoms. The van der Waals surface area contributed by atoms with Gasteiger partial charge in [-0.1, -0.05) is 19.9 Å². The Morgan fingerprint density at radius 2 is 2.19 bits per heavy atom. The van der Waals surface area contributed by atoms with Crippen LogP contribution in [0.1, 0.15) is 31.2 Å².